The van der Waals surface area contributed by atoms with Crippen LogP contribution in [0.1, 0.15) is 45.3 Å². The van der Waals surface area contributed by atoms with E-state index in [-0.39, 0.29) is 35.9 Å². The molecular weight excluding hydrogens is 483 g/mol. The highest BCUT2D eigenvalue weighted by Crippen LogP contribution is 2.05. The molecule has 29 heavy (non-hydrogen) atoms. The van der Waals surface area contributed by atoms with Gasteiger partial charge in [-0.25, -0.2) is 4.99 Å². The number of rotatable bonds is 8. The normalized spacial score (nSPS) is 15.4. The molecular formula is C19H37IN8O. The second kappa shape index (κ2) is 13.0. The van der Waals surface area contributed by atoms with Gasteiger partial charge in [0.2, 0.25) is 5.91 Å². The minimum Gasteiger partial charge on any atom is -0.356 e. The molecule has 1 fully saturated rings. The SMILES string of the molecule is CCCCNC(=NCc1nnc(C)n1C)N1CCN(CC(=O)NC(C)C)CC1.I. The van der Waals surface area contributed by atoms with Crippen LogP contribution in [0.25, 0.3) is 0 Å². The van der Waals surface area contributed by atoms with E-state index in [0.29, 0.717) is 13.1 Å². The number of guanidine groups is 1. The lowest BCUT2D eigenvalue weighted by atomic mass is 10.3. The Morgan fingerprint density at radius 2 is 1.90 bits per heavy atom. The van der Waals surface area contributed by atoms with Crippen LogP contribution in [0.15, 0.2) is 4.99 Å². The van der Waals surface area contributed by atoms with Crippen LogP contribution in [-0.4, -0.2) is 81.7 Å². The van der Waals surface area contributed by atoms with Gasteiger partial charge in [0.15, 0.2) is 11.8 Å². The number of nitrogens with one attached hydrogen (secondary N) is 2. The molecule has 0 saturated carbocycles. The predicted octanol–water partition coefficient (Wildman–Crippen LogP) is 1.13. The summed E-state index contributed by atoms with van der Waals surface area (Å²) in [6.45, 7) is 13.4. The van der Waals surface area contributed by atoms with Crippen LogP contribution in [0.2, 0.25) is 0 Å². The molecule has 1 aromatic heterocycles. The molecule has 0 bridgehead atoms. The highest BCUT2D eigenvalue weighted by atomic mass is 127. The first kappa shape index (κ1) is 25.6. The van der Waals surface area contributed by atoms with Crippen LogP contribution in [-0.2, 0) is 18.4 Å². The van der Waals surface area contributed by atoms with Crippen molar-refractivity contribution in [2.75, 3.05) is 39.3 Å². The van der Waals surface area contributed by atoms with Crippen molar-refractivity contribution in [1.29, 1.82) is 0 Å². The molecule has 166 valence electrons. The summed E-state index contributed by atoms with van der Waals surface area (Å²) in [4.78, 5) is 21.3. The highest BCUT2D eigenvalue weighted by molar-refractivity contribution is 14.0. The van der Waals surface area contributed by atoms with Crippen molar-refractivity contribution in [3.63, 3.8) is 0 Å². The first-order chi connectivity index (χ1) is 13.4. The monoisotopic (exact) mass is 520 g/mol. The number of aliphatic imine (C=N–C) groups is 1. The molecule has 9 nitrogen and oxygen atoms in total. The quantitative estimate of drug-likeness (QED) is 0.231. The minimum atomic E-state index is 0. The molecule has 0 unspecified atom stereocenters. The maximum atomic E-state index is 12.0. The average molecular weight is 520 g/mol. The number of aryl methyl sites for hydroxylation is 1. The molecule has 10 heteroatoms. The zero-order valence-electron chi connectivity index (χ0n) is 18.4. The lowest BCUT2D eigenvalue weighted by Crippen LogP contribution is -2.54. The van der Waals surface area contributed by atoms with E-state index >= 15 is 0 Å². The van der Waals surface area contributed by atoms with Crippen molar-refractivity contribution in [2.45, 2.75) is 53.1 Å². The summed E-state index contributed by atoms with van der Waals surface area (Å²) in [5, 5.41) is 14.8. The maximum Gasteiger partial charge on any atom is 0.234 e. The fourth-order valence-corrected chi connectivity index (χ4v) is 3.07. The Hall–Kier alpha value is -1.43. The predicted molar refractivity (Wildman–Crippen MR) is 126 cm³/mol. The van der Waals surface area contributed by atoms with Crippen molar-refractivity contribution in [2.24, 2.45) is 12.0 Å². The molecule has 2 N–H and O–H groups in total. The molecule has 0 atom stereocenters. The summed E-state index contributed by atoms with van der Waals surface area (Å²) in [6.07, 6.45) is 2.25. The van der Waals surface area contributed by atoms with E-state index in [1.807, 2.05) is 32.4 Å². The second-order valence-electron chi connectivity index (χ2n) is 7.63. The second-order valence-corrected chi connectivity index (χ2v) is 7.63. The molecule has 1 aliphatic heterocycles. The van der Waals surface area contributed by atoms with E-state index in [4.69, 9.17) is 4.99 Å². The van der Waals surface area contributed by atoms with Gasteiger partial charge in [-0.1, -0.05) is 13.3 Å². The Morgan fingerprint density at radius 3 is 2.45 bits per heavy atom. The molecule has 1 amide bonds. The van der Waals surface area contributed by atoms with Gasteiger partial charge in [0, 0.05) is 45.8 Å². The van der Waals surface area contributed by atoms with Gasteiger partial charge in [-0.3, -0.25) is 9.69 Å². The van der Waals surface area contributed by atoms with E-state index in [1.165, 1.54) is 0 Å². The summed E-state index contributed by atoms with van der Waals surface area (Å²) in [5.41, 5.74) is 0. The van der Waals surface area contributed by atoms with Crippen LogP contribution in [0.3, 0.4) is 0 Å². The van der Waals surface area contributed by atoms with Crippen molar-refractivity contribution in [3.05, 3.63) is 11.6 Å². The fourth-order valence-electron chi connectivity index (χ4n) is 3.07. The Kier molecular flexibility index (Phi) is 11.5. The van der Waals surface area contributed by atoms with Gasteiger partial charge in [-0.15, -0.1) is 34.2 Å². The van der Waals surface area contributed by atoms with Gasteiger partial charge < -0.3 is 20.1 Å². The standard InChI is InChI=1S/C19H36N8O.HI/c1-6-7-8-20-19(21-13-17-24-23-16(4)25(17)5)27-11-9-26(10-12-27)14-18(28)22-15(2)3;/h15H,6-14H2,1-5H3,(H,20,21)(H,22,28);1H. The van der Waals surface area contributed by atoms with Crippen LogP contribution < -0.4 is 10.6 Å². The van der Waals surface area contributed by atoms with Crippen molar-refractivity contribution < 1.29 is 4.79 Å². The molecule has 0 aromatic carbocycles. The number of unbranched alkanes of at least 4 members (excludes halogenated alkanes) is 1. The van der Waals surface area contributed by atoms with Gasteiger partial charge in [-0.2, -0.15) is 0 Å². The van der Waals surface area contributed by atoms with Crippen LogP contribution in [0, 0.1) is 6.92 Å². The van der Waals surface area contributed by atoms with Crippen LogP contribution in [0.4, 0.5) is 0 Å². The molecule has 0 spiro atoms. The van der Waals surface area contributed by atoms with Crippen molar-refractivity contribution in [1.82, 2.24) is 35.2 Å². The number of hydrogen-bond acceptors (Lipinski definition) is 5. The highest BCUT2D eigenvalue weighted by Gasteiger charge is 2.21. The first-order valence-corrected chi connectivity index (χ1v) is 10.3. The lowest BCUT2D eigenvalue weighted by Gasteiger charge is -2.36. The topological polar surface area (TPSA) is 90.7 Å². The van der Waals surface area contributed by atoms with E-state index in [2.05, 4.69) is 37.6 Å². The van der Waals surface area contributed by atoms with Crippen LogP contribution in [0.5, 0.6) is 0 Å². The number of hydrogen-bond donors (Lipinski definition) is 2. The third-order valence-corrected chi connectivity index (χ3v) is 4.86. The number of carbonyl (C=O) groups excluding carboxylic acids is 1. The number of piperazine rings is 1. The largest absolute Gasteiger partial charge is 0.356 e. The number of nitrogens with zero attached hydrogens (tertiary/aromatic N) is 6. The fraction of sp³-hybridized carbons (Fsp3) is 0.789. The van der Waals surface area contributed by atoms with E-state index < -0.39 is 0 Å². The zero-order chi connectivity index (χ0) is 20.5. The molecule has 0 radical (unpaired) electrons. The first-order valence-electron chi connectivity index (χ1n) is 10.3. The number of carbonyl (C=O) groups is 1. The van der Waals surface area contributed by atoms with Crippen molar-refractivity contribution >= 4 is 35.8 Å². The third kappa shape index (κ3) is 8.45. The maximum absolute atomic E-state index is 12.0. The van der Waals surface area contributed by atoms with E-state index in [1.54, 1.807) is 0 Å². The minimum absolute atomic E-state index is 0. The smallest absolute Gasteiger partial charge is 0.234 e. The Balaban J connectivity index is 0.00000420. The average Bonchev–Trinajstić information content (AvgIpc) is 2.96. The lowest BCUT2D eigenvalue weighted by molar-refractivity contribution is -0.123. The van der Waals surface area contributed by atoms with Gasteiger partial charge in [0.1, 0.15) is 12.4 Å². The number of halogens is 1. The van der Waals surface area contributed by atoms with Gasteiger partial charge in [0.25, 0.3) is 0 Å². The van der Waals surface area contributed by atoms with Gasteiger partial charge in [0.05, 0.1) is 6.54 Å². The summed E-state index contributed by atoms with van der Waals surface area (Å²) >= 11 is 0. The Labute approximate surface area is 191 Å². The van der Waals surface area contributed by atoms with Gasteiger partial charge in [-0.05, 0) is 27.2 Å². The third-order valence-electron chi connectivity index (χ3n) is 4.86. The van der Waals surface area contributed by atoms with Crippen LogP contribution >= 0.6 is 24.0 Å². The molecule has 1 aliphatic rings. The molecule has 2 heterocycles. The van der Waals surface area contributed by atoms with E-state index in [9.17, 15) is 4.79 Å². The number of aromatic nitrogens is 3. The van der Waals surface area contributed by atoms with E-state index in [0.717, 1.165) is 63.2 Å². The summed E-state index contributed by atoms with van der Waals surface area (Å²) < 4.78 is 1.97. The van der Waals surface area contributed by atoms with Gasteiger partial charge >= 0.3 is 0 Å². The summed E-state index contributed by atoms with van der Waals surface area (Å²) in [6, 6.07) is 0.180. The molecule has 0 aliphatic carbocycles. The van der Waals surface area contributed by atoms with Crippen molar-refractivity contribution in [3.8, 4) is 0 Å². The Morgan fingerprint density at radius 1 is 1.21 bits per heavy atom. The molecule has 1 saturated heterocycles. The summed E-state index contributed by atoms with van der Waals surface area (Å²) in [5.74, 6) is 2.76. The summed E-state index contributed by atoms with van der Waals surface area (Å²) in [7, 11) is 1.96. The zero-order valence-corrected chi connectivity index (χ0v) is 20.8. The Bertz CT molecular complexity index is 653. The molecule has 2 rings (SSSR count). The molecule has 1 aromatic rings. The number of amides is 1.